The van der Waals surface area contributed by atoms with Crippen molar-refractivity contribution in [1.82, 2.24) is 15.5 Å². The van der Waals surface area contributed by atoms with Gasteiger partial charge < -0.3 is 10.6 Å². The molecule has 0 aromatic heterocycles. The van der Waals surface area contributed by atoms with Crippen LogP contribution >= 0.6 is 0 Å². The smallest absolute Gasteiger partial charge is 0.234 e. The van der Waals surface area contributed by atoms with E-state index in [2.05, 4.69) is 27.7 Å². The summed E-state index contributed by atoms with van der Waals surface area (Å²) in [6, 6.07) is 8.97. The second-order valence-corrected chi connectivity index (χ2v) is 7.69. The molecule has 2 N–H and O–H groups in total. The summed E-state index contributed by atoms with van der Waals surface area (Å²) in [5.74, 6) is 0.334. The SMILES string of the molecule is O=C(CN1CCC(NC(=O)C2CCc3ccccc32)CC1)NC1CC1. The molecule has 1 aliphatic heterocycles. The zero-order valence-corrected chi connectivity index (χ0v) is 14.7. The molecule has 1 saturated carbocycles. The lowest BCUT2D eigenvalue weighted by molar-refractivity contribution is -0.125. The first-order valence-corrected chi connectivity index (χ1v) is 9.59. The van der Waals surface area contributed by atoms with Gasteiger partial charge in [-0.2, -0.15) is 0 Å². The highest BCUT2D eigenvalue weighted by atomic mass is 16.2. The highest BCUT2D eigenvalue weighted by Gasteiger charge is 2.31. The van der Waals surface area contributed by atoms with Gasteiger partial charge in [0.1, 0.15) is 0 Å². The van der Waals surface area contributed by atoms with Crippen molar-refractivity contribution in [2.24, 2.45) is 0 Å². The van der Waals surface area contributed by atoms with Crippen LogP contribution in [-0.2, 0) is 16.0 Å². The number of aryl methyl sites for hydroxylation is 1. The van der Waals surface area contributed by atoms with Crippen molar-refractivity contribution in [3.63, 3.8) is 0 Å². The topological polar surface area (TPSA) is 61.4 Å². The molecule has 25 heavy (non-hydrogen) atoms. The van der Waals surface area contributed by atoms with E-state index in [0.717, 1.165) is 51.6 Å². The largest absolute Gasteiger partial charge is 0.353 e. The van der Waals surface area contributed by atoms with Crippen molar-refractivity contribution in [3.8, 4) is 0 Å². The predicted molar refractivity (Wildman–Crippen MR) is 96.3 cm³/mol. The fourth-order valence-corrected chi connectivity index (χ4v) is 4.07. The molecule has 2 amide bonds. The Balaban J connectivity index is 1.23. The predicted octanol–water partition coefficient (Wildman–Crippen LogP) is 1.58. The Kier molecular flexibility index (Phi) is 4.75. The second kappa shape index (κ2) is 7.16. The molecule has 1 unspecified atom stereocenters. The van der Waals surface area contributed by atoms with E-state index in [0.29, 0.717) is 12.6 Å². The van der Waals surface area contributed by atoms with E-state index < -0.39 is 0 Å². The van der Waals surface area contributed by atoms with Crippen molar-refractivity contribution in [2.45, 2.75) is 56.5 Å². The van der Waals surface area contributed by atoms with Gasteiger partial charge in [0.05, 0.1) is 12.5 Å². The lowest BCUT2D eigenvalue weighted by Crippen LogP contribution is -2.48. The van der Waals surface area contributed by atoms with Crippen molar-refractivity contribution >= 4 is 11.8 Å². The third kappa shape index (κ3) is 4.03. The van der Waals surface area contributed by atoms with E-state index in [1.54, 1.807) is 0 Å². The standard InChI is InChI=1S/C20H27N3O2/c24-19(21-15-6-7-15)13-23-11-9-16(10-12-23)22-20(25)18-8-5-14-3-1-2-4-17(14)18/h1-4,15-16,18H,5-13H2,(H,21,24)(H,22,25). The fraction of sp³-hybridized carbons (Fsp3) is 0.600. The number of likely N-dealkylation sites (tertiary alicyclic amines) is 1. The van der Waals surface area contributed by atoms with Gasteiger partial charge in [-0.15, -0.1) is 0 Å². The summed E-state index contributed by atoms with van der Waals surface area (Å²) in [7, 11) is 0. The van der Waals surface area contributed by atoms with Crippen molar-refractivity contribution in [1.29, 1.82) is 0 Å². The van der Waals surface area contributed by atoms with Gasteiger partial charge in [0, 0.05) is 25.2 Å². The van der Waals surface area contributed by atoms with Crippen LogP contribution in [0.1, 0.15) is 49.1 Å². The highest BCUT2D eigenvalue weighted by Crippen LogP contribution is 2.33. The lowest BCUT2D eigenvalue weighted by Gasteiger charge is -2.32. The number of rotatable bonds is 5. The Labute approximate surface area is 149 Å². The summed E-state index contributed by atoms with van der Waals surface area (Å²) >= 11 is 0. The summed E-state index contributed by atoms with van der Waals surface area (Å²) in [5.41, 5.74) is 2.52. The number of nitrogens with one attached hydrogen (secondary N) is 2. The van der Waals surface area contributed by atoms with Crippen LogP contribution in [-0.4, -0.2) is 48.4 Å². The molecule has 5 heteroatoms. The van der Waals surface area contributed by atoms with Crippen LogP contribution in [0, 0.1) is 0 Å². The number of carbonyl (C=O) groups is 2. The Morgan fingerprint density at radius 1 is 0.960 bits per heavy atom. The third-order valence-electron chi connectivity index (χ3n) is 5.69. The van der Waals surface area contributed by atoms with Crippen LogP contribution in [0.25, 0.3) is 0 Å². The summed E-state index contributed by atoms with van der Waals surface area (Å²) in [4.78, 5) is 26.8. The number of nitrogens with zero attached hydrogens (tertiary/aromatic N) is 1. The van der Waals surface area contributed by atoms with Gasteiger partial charge in [0.2, 0.25) is 11.8 Å². The van der Waals surface area contributed by atoms with Crippen LogP contribution in [0.4, 0.5) is 0 Å². The molecule has 2 fully saturated rings. The maximum absolute atomic E-state index is 12.7. The first-order chi connectivity index (χ1) is 12.2. The van der Waals surface area contributed by atoms with Crippen molar-refractivity contribution in [3.05, 3.63) is 35.4 Å². The van der Waals surface area contributed by atoms with Crippen LogP contribution in [0.3, 0.4) is 0 Å². The van der Waals surface area contributed by atoms with E-state index in [9.17, 15) is 9.59 Å². The summed E-state index contributed by atoms with van der Waals surface area (Å²) in [5, 5.41) is 6.29. The molecule has 5 nitrogen and oxygen atoms in total. The van der Waals surface area contributed by atoms with Gasteiger partial charge in [-0.05, 0) is 49.7 Å². The molecular weight excluding hydrogens is 314 g/mol. The van der Waals surface area contributed by atoms with Gasteiger partial charge in [-0.3, -0.25) is 14.5 Å². The Morgan fingerprint density at radius 2 is 1.68 bits per heavy atom. The number of benzene rings is 1. The zero-order chi connectivity index (χ0) is 17.2. The maximum atomic E-state index is 12.7. The van der Waals surface area contributed by atoms with Crippen molar-refractivity contribution in [2.75, 3.05) is 19.6 Å². The molecule has 1 atom stereocenters. The van der Waals surface area contributed by atoms with E-state index >= 15 is 0 Å². The minimum absolute atomic E-state index is 0.0125. The van der Waals surface area contributed by atoms with Crippen LogP contribution in [0.2, 0.25) is 0 Å². The number of piperidine rings is 1. The molecule has 0 spiro atoms. The van der Waals surface area contributed by atoms with Crippen LogP contribution in [0.15, 0.2) is 24.3 Å². The number of hydrogen-bond acceptors (Lipinski definition) is 3. The van der Waals surface area contributed by atoms with Gasteiger partial charge in [-0.25, -0.2) is 0 Å². The molecule has 4 rings (SSSR count). The van der Waals surface area contributed by atoms with Gasteiger partial charge in [0.25, 0.3) is 0 Å². The van der Waals surface area contributed by atoms with E-state index in [4.69, 9.17) is 0 Å². The molecule has 1 saturated heterocycles. The first-order valence-electron chi connectivity index (χ1n) is 9.59. The molecule has 1 aromatic carbocycles. The molecule has 134 valence electrons. The Morgan fingerprint density at radius 3 is 2.44 bits per heavy atom. The molecule has 1 heterocycles. The third-order valence-corrected chi connectivity index (χ3v) is 5.69. The summed E-state index contributed by atoms with van der Waals surface area (Å²) < 4.78 is 0. The average Bonchev–Trinajstić information content (AvgIpc) is 3.31. The first kappa shape index (κ1) is 16.6. The average molecular weight is 341 g/mol. The molecule has 3 aliphatic rings. The molecule has 2 aliphatic carbocycles. The quantitative estimate of drug-likeness (QED) is 0.855. The number of hydrogen-bond donors (Lipinski definition) is 2. The van der Waals surface area contributed by atoms with Crippen LogP contribution in [0.5, 0.6) is 0 Å². The van der Waals surface area contributed by atoms with Gasteiger partial charge >= 0.3 is 0 Å². The maximum Gasteiger partial charge on any atom is 0.234 e. The number of carbonyl (C=O) groups excluding carboxylic acids is 2. The molecule has 0 radical (unpaired) electrons. The summed E-state index contributed by atoms with van der Waals surface area (Å²) in [6.45, 7) is 2.25. The Hall–Kier alpha value is -1.88. The molecular formula is C20H27N3O2. The molecule has 1 aromatic rings. The van der Waals surface area contributed by atoms with E-state index in [-0.39, 0.29) is 23.8 Å². The van der Waals surface area contributed by atoms with E-state index in [1.165, 1.54) is 11.1 Å². The highest BCUT2D eigenvalue weighted by molar-refractivity contribution is 5.85. The van der Waals surface area contributed by atoms with Gasteiger partial charge in [-0.1, -0.05) is 24.3 Å². The van der Waals surface area contributed by atoms with Crippen LogP contribution < -0.4 is 10.6 Å². The van der Waals surface area contributed by atoms with Gasteiger partial charge in [0.15, 0.2) is 0 Å². The minimum Gasteiger partial charge on any atom is -0.353 e. The number of fused-ring (bicyclic) bond motifs is 1. The molecule has 0 bridgehead atoms. The fourth-order valence-electron chi connectivity index (χ4n) is 4.07. The normalized spacial score (nSPS) is 23.9. The second-order valence-electron chi connectivity index (χ2n) is 7.69. The monoisotopic (exact) mass is 341 g/mol. The Bertz CT molecular complexity index is 648. The van der Waals surface area contributed by atoms with Crippen molar-refractivity contribution < 1.29 is 9.59 Å². The zero-order valence-electron chi connectivity index (χ0n) is 14.7. The minimum atomic E-state index is 0.0125. The number of amides is 2. The summed E-state index contributed by atoms with van der Waals surface area (Å²) in [6.07, 6.45) is 6.04. The van der Waals surface area contributed by atoms with E-state index in [1.807, 2.05) is 12.1 Å². The lowest BCUT2D eigenvalue weighted by atomic mass is 9.98.